The molecule has 0 unspecified atom stereocenters. The summed E-state index contributed by atoms with van der Waals surface area (Å²) in [6.07, 6.45) is 1.50. The first-order valence-corrected chi connectivity index (χ1v) is 8.32. The van der Waals surface area contributed by atoms with Crippen molar-refractivity contribution >= 4 is 29.1 Å². The van der Waals surface area contributed by atoms with Crippen molar-refractivity contribution in [2.75, 3.05) is 17.7 Å². The van der Waals surface area contributed by atoms with Crippen LogP contribution in [0.5, 0.6) is 0 Å². The Morgan fingerprint density at radius 1 is 1.04 bits per heavy atom. The molecule has 1 aromatic heterocycles. The Labute approximate surface area is 161 Å². The third-order valence-electron chi connectivity index (χ3n) is 3.87. The molecule has 2 N–H and O–H groups in total. The lowest BCUT2D eigenvalue weighted by molar-refractivity contribution is 0.0600. The zero-order valence-electron chi connectivity index (χ0n) is 15.0. The van der Waals surface area contributed by atoms with Crippen LogP contribution in [-0.4, -0.2) is 24.0 Å². The third-order valence-corrected chi connectivity index (χ3v) is 3.87. The van der Waals surface area contributed by atoms with Gasteiger partial charge < -0.3 is 15.4 Å². The Kier molecular flexibility index (Phi) is 5.63. The number of hydrogen-bond donors (Lipinski definition) is 2. The van der Waals surface area contributed by atoms with E-state index in [2.05, 4.69) is 15.6 Å². The first-order chi connectivity index (χ1) is 13.6. The van der Waals surface area contributed by atoms with E-state index >= 15 is 0 Å². The summed E-state index contributed by atoms with van der Waals surface area (Å²) in [4.78, 5) is 28.4. The molecule has 3 rings (SSSR count). The van der Waals surface area contributed by atoms with Crippen LogP contribution in [0.4, 0.5) is 17.2 Å². The van der Waals surface area contributed by atoms with E-state index in [9.17, 15) is 9.59 Å². The number of anilines is 3. The number of aromatic nitrogens is 1. The van der Waals surface area contributed by atoms with Crippen molar-refractivity contribution in [1.82, 2.24) is 4.98 Å². The molecule has 0 radical (unpaired) electrons. The highest BCUT2D eigenvalue weighted by Crippen LogP contribution is 2.19. The molecule has 0 aliphatic heterocycles. The normalized spacial score (nSPS) is 9.86. The van der Waals surface area contributed by atoms with Gasteiger partial charge in [-0.1, -0.05) is 18.2 Å². The van der Waals surface area contributed by atoms with Crippen molar-refractivity contribution in [3.63, 3.8) is 0 Å². The van der Waals surface area contributed by atoms with E-state index in [0.29, 0.717) is 33.9 Å². The van der Waals surface area contributed by atoms with Crippen LogP contribution in [0.15, 0.2) is 66.9 Å². The molecule has 1 amide bonds. The van der Waals surface area contributed by atoms with Crippen LogP contribution in [0, 0.1) is 11.3 Å². The summed E-state index contributed by atoms with van der Waals surface area (Å²) in [6, 6.07) is 18.7. The molecule has 2 aromatic carbocycles. The van der Waals surface area contributed by atoms with Gasteiger partial charge in [0.25, 0.3) is 5.91 Å². The van der Waals surface area contributed by atoms with E-state index in [-0.39, 0.29) is 5.91 Å². The standard InChI is InChI=1S/C21H16N4O3/c1-28-21(27)15-6-4-7-17(11-15)24-19-12-14(9-10-23-19)20(26)25-18-8-3-2-5-16(18)13-22/h2-12H,1H3,(H,23,24)(H,25,26). The van der Waals surface area contributed by atoms with Crippen molar-refractivity contribution < 1.29 is 14.3 Å². The summed E-state index contributed by atoms with van der Waals surface area (Å²) in [7, 11) is 1.32. The average molecular weight is 372 g/mol. The Morgan fingerprint density at radius 3 is 2.64 bits per heavy atom. The zero-order chi connectivity index (χ0) is 19.9. The lowest BCUT2D eigenvalue weighted by atomic mass is 10.1. The molecule has 0 saturated heterocycles. The quantitative estimate of drug-likeness (QED) is 0.661. The van der Waals surface area contributed by atoms with Gasteiger partial charge in [0.2, 0.25) is 0 Å². The number of pyridine rings is 1. The van der Waals surface area contributed by atoms with Gasteiger partial charge in [0, 0.05) is 17.4 Å². The number of esters is 1. The maximum absolute atomic E-state index is 12.5. The molecular formula is C21H16N4O3. The predicted molar refractivity (Wildman–Crippen MR) is 104 cm³/mol. The number of rotatable bonds is 5. The molecule has 7 nitrogen and oxygen atoms in total. The summed E-state index contributed by atoms with van der Waals surface area (Å²) < 4.78 is 4.71. The number of amides is 1. The number of benzene rings is 2. The number of carbonyl (C=O) groups excluding carboxylic acids is 2. The van der Waals surface area contributed by atoms with Gasteiger partial charge in [0.15, 0.2) is 0 Å². The van der Waals surface area contributed by atoms with Crippen molar-refractivity contribution in [3.8, 4) is 6.07 Å². The largest absolute Gasteiger partial charge is 0.465 e. The Morgan fingerprint density at radius 2 is 1.86 bits per heavy atom. The van der Waals surface area contributed by atoms with E-state index in [1.807, 2.05) is 6.07 Å². The number of para-hydroxylation sites is 1. The fourth-order valence-electron chi connectivity index (χ4n) is 2.51. The lowest BCUT2D eigenvalue weighted by Gasteiger charge is -2.10. The van der Waals surface area contributed by atoms with Gasteiger partial charge in [0.05, 0.1) is 23.9 Å². The molecule has 28 heavy (non-hydrogen) atoms. The van der Waals surface area contributed by atoms with Gasteiger partial charge in [-0.15, -0.1) is 0 Å². The van der Waals surface area contributed by atoms with Crippen LogP contribution in [0.25, 0.3) is 0 Å². The number of hydrogen-bond acceptors (Lipinski definition) is 6. The fourth-order valence-corrected chi connectivity index (χ4v) is 2.51. The van der Waals surface area contributed by atoms with Crippen molar-refractivity contribution in [2.45, 2.75) is 0 Å². The highest BCUT2D eigenvalue weighted by atomic mass is 16.5. The number of nitriles is 1. The summed E-state index contributed by atoms with van der Waals surface area (Å²) in [6.45, 7) is 0. The van der Waals surface area contributed by atoms with E-state index in [0.717, 1.165) is 0 Å². The van der Waals surface area contributed by atoms with Crippen LogP contribution < -0.4 is 10.6 Å². The molecule has 3 aromatic rings. The summed E-state index contributed by atoms with van der Waals surface area (Å²) in [5, 5.41) is 14.9. The highest BCUT2D eigenvalue weighted by molar-refractivity contribution is 6.05. The minimum atomic E-state index is -0.444. The molecule has 0 aliphatic rings. The summed E-state index contributed by atoms with van der Waals surface area (Å²) in [5.74, 6) is -0.374. The topological polar surface area (TPSA) is 104 Å². The second kappa shape index (κ2) is 8.47. The second-order valence-corrected chi connectivity index (χ2v) is 5.74. The van der Waals surface area contributed by atoms with Gasteiger partial charge in [0.1, 0.15) is 11.9 Å². The lowest BCUT2D eigenvalue weighted by Crippen LogP contribution is -2.13. The molecule has 0 aliphatic carbocycles. The van der Waals surface area contributed by atoms with Crippen LogP contribution >= 0.6 is 0 Å². The maximum Gasteiger partial charge on any atom is 0.337 e. The van der Waals surface area contributed by atoms with E-state index in [4.69, 9.17) is 10.00 Å². The fraction of sp³-hybridized carbons (Fsp3) is 0.0476. The van der Waals surface area contributed by atoms with Gasteiger partial charge >= 0.3 is 5.97 Å². The van der Waals surface area contributed by atoms with Crippen LogP contribution in [0.1, 0.15) is 26.3 Å². The molecular weight excluding hydrogens is 356 g/mol. The average Bonchev–Trinajstić information content (AvgIpc) is 2.74. The van der Waals surface area contributed by atoms with E-state index < -0.39 is 5.97 Å². The van der Waals surface area contributed by atoms with Gasteiger partial charge in [-0.25, -0.2) is 9.78 Å². The second-order valence-electron chi connectivity index (χ2n) is 5.74. The maximum atomic E-state index is 12.5. The van der Waals surface area contributed by atoms with Crippen molar-refractivity contribution in [1.29, 1.82) is 5.26 Å². The Bertz CT molecular complexity index is 1070. The number of carbonyl (C=O) groups is 2. The molecule has 138 valence electrons. The minimum absolute atomic E-state index is 0.364. The number of methoxy groups -OCH3 is 1. The molecule has 7 heteroatoms. The molecule has 0 atom stereocenters. The van der Waals surface area contributed by atoms with Gasteiger partial charge in [-0.05, 0) is 42.5 Å². The van der Waals surface area contributed by atoms with Crippen LogP contribution in [0.3, 0.4) is 0 Å². The number of nitrogens with one attached hydrogen (secondary N) is 2. The molecule has 0 fully saturated rings. The molecule has 0 bridgehead atoms. The molecule has 1 heterocycles. The summed E-state index contributed by atoms with van der Waals surface area (Å²) >= 11 is 0. The van der Waals surface area contributed by atoms with Crippen LogP contribution in [0.2, 0.25) is 0 Å². The minimum Gasteiger partial charge on any atom is -0.465 e. The van der Waals surface area contributed by atoms with Gasteiger partial charge in [-0.2, -0.15) is 5.26 Å². The van der Waals surface area contributed by atoms with E-state index in [1.54, 1.807) is 60.7 Å². The zero-order valence-corrected chi connectivity index (χ0v) is 15.0. The first-order valence-electron chi connectivity index (χ1n) is 8.32. The third kappa shape index (κ3) is 4.31. The van der Waals surface area contributed by atoms with Crippen LogP contribution in [-0.2, 0) is 4.74 Å². The number of nitrogens with zero attached hydrogens (tertiary/aromatic N) is 2. The highest BCUT2D eigenvalue weighted by Gasteiger charge is 2.11. The van der Waals surface area contributed by atoms with Crippen molar-refractivity contribution in [2.24, 2.45) is 0 Å². The Balaban J connectivity index is 1.78. The molecule has 0 spiro atoms. The Hall–Kier alpha value is -4.18. The van der Waals surface area contributed by atoms with Gasteiger partial charge in [-0.3, -0.25) is 4.79 Å². The summed E-state index contributed by atoms with van der Waals surface area (Å²) in [5.41, 5.74) is 2.21. The monoisotopic (exact) mass is 372 g/mol. The smallest absolute Gasteiger partial charge is 0.337 e. The molecule has 0 saturated carbocycles. The first kappa shape index (κ1) is 18.6. The SMILES string of the molecule is COC(=O)c1cccc(Nc2cc(C(=O)Nc3ccccc3C#N)ccn2)c1. The van der Waals surface area contributed by atoms with Crippen molar-refractivity contribution in [3.05, 3.63) is 83.6 Å². The number of ether oxygens (including phenoxy) is 1. The van der Waals surface area contributed by atoms with E-state index in [1.165, 1.54) is 13.3 Å². The predicted octanol–water partition coefficient (Wildman–Crippen LogP) is 3.74.